The van der Waals surface area contributed by atoms with E-state index in [1.807, 2.05) is 32.2 Å². The largest absolute Gasteiger partial charge is 0.478 e. The van der Waals surface area contributed by atoms with Crippen LogP contribution in [0, 0.1) is 11.3 Å². The molecule has 22 heavy (non-hydrogen) atoms. The number of benzene rings is 2. The predicted octanol–water partition coefficient (Wildman–Crippen LogP) is 1.52. The maximum absolute atomic E-state index is 11.1. The van der Waals surface area contributed by atoms with E-state index in [0.29, 0.717) is 12.1 Å². The first-order chi connectivity index (χ1) is 10.6. The third kappa shape index (κ3) is 2.47. The SMILES string of the molecule is Bc1cn(Cc2cccc(C(=O)O)c2)c2ccc(C#N)cc12. The molecule has 0 atom stereocenters. The van der Waals surface area contributed by atoms with Crippen molar-refractivity contribution in [2.45, 2.75) is 6.54 Å². The van der Waals surface area contributed by atoms with Gasteiger partial charge in [0.2, 0.25) is 0 Å². The Balaban J connectivity index is 2.03. The number of hydrogen-bond acceptors (Lipinski definition) is 2. The van der Waals surface area contributed by atoms with Gasteiger partial charge in [0.1, 0.15) is 7.85 Å². The fraction of sp³-hybridized carbons (Fsp3) is 0.0588. The van der Waals surface area contributed by atoms with Gasteiger partial charge in [0, 0.05) is 12.1 Å². The Kier molecular flexibility index (Phi) is 3.44. The molecule has 0 saturated carbocycles. The molecule has 5 heteroatoms. The molecule has 0 aliphatic carbocycles. The second-order valence-corrected chi connectivity index (χ2v) is 5.29. The Labute approximate surface area is 128 Å². The number of nitriles is 1. The number of carbonyl (C=O) groups is 1. The van der Waals surface area contributed by atoms with Crippen molar-refractivity contribution in [3.63, 3.8) is 0 Å². The van der Waals surface area contributed by atoms with Crippen LogP contribution in [0.25, 0.3) is 10.9 Å². The lowest BCUT2D eigenvalue weighted by molar-refractivity contribution is 0.0696. The Bertz CT molecular complexity index is 922. The molecule has 4 nitrogen and oxygen atoms in total. The second-order valence-electron chi connectivity index (χ2n) is 5.29. The summed E-state index contributed by atoms with van der Waals surface area (Å²) < 4.78 is 2.08. The van der Waals surface area contributed by atoms with Crippen LogP contribution in [0.5, 0.6) is 0 Å². The van der Waals surface area contributed by atoms with E-state index < -0.39 is 5.97 Å². The van der Waals surface area contributed by atoms with Crippen LogP contribution in [-0.2, 0) is 6.54 Å². The van der Waals surface area contributed by atoms with Gasteiger partial charge >= 0.3 is 5.97 Å². The molecule has 0 amide bonds. The van der Waals surface area contributed by atoms with Crippen molar-refractivity contribution in [1.29, 1.82) is 5.26 Å². The fourth-order valence-corrected chi connectivity index (χ4v) is 2.67. The van der Waals surface area contributed by atoms with Crippen molar-refractivity contribution in [2.75, 3.05) is 0 Å². The van der Waals surface area contributed by atoms with Crippen molar-refractivity contribution in [3.8, 4) is 6.07 Å². The lowest BCUT2D eigenvalue weighted by atomic mass is 9.95. The molecule has 3 aromatic rings. The normalized spacial score (nSPS) is 10.5. The number of aromatic carboxylic acids is 1. The van der Waals surface area contributed by atoms with Crippen LogP contribution in [0.15, 0.2) is 48.7 Å². The average Bonchev–Trinajstić information content (AvgIpc) is 2.83. The van der Waals surface area contributed by atoms with Gasteiger partial charge < -0.3 is 9.67 Å². The van der Waals surface area contributed by atoms with Gasteiger partial charge in [-0.05, 0) is 47.5 Å². The van der Waals surface area contributed by atoms with Crippen LogP contribution in [0.4, 0.5) is 0 Å². The Morgan fingerprint density at radius 2 is 2.09 bits per heavy atom. The molecule has 0 bridgehead atoms. The molecule has 3 rings (SSSR count). The van der Waals surface area contributed by atoms with Gasteiger partial charge in [0.05, 0.1) is 17.2 Å². The summed E-state index contributed by atoms with van der Waals surface area (Å²) in [6, 6.07) is 14.7. The predicted molar refractivity (Wildman–Crippen MR) is 87.3 cm³/mol. The van der Waals surface area contributed by atoms with Crippen LogP contribution in [0.3, 0.4) is 0 Å². The number of rotatable bonds is 3. The quantitative estimate of drug-likeness (QED) is 0.743. The minimum atomic E-state index is -0.922. The monoisotopic (exact) mass is 288 g/mol. The van der Waals surface area contributed by atoms with E-state index >= 15 is 0 Å². The molecule has 0 aliphatic heterocycles. The Hall–Kier alpha value is -3.00. The first-order valence-corrected chi connectivity index (χ1v) is 6.90. The van der Waals surface area contributed by atoms with Gasteiger partial charge in [-0.25, -0.2) is 4.79 Å². The molecule has 1 N–H and O–H groups in total. The molecule has 0 fully saturated rings. The molecule has 1 aromatic heterocycles. The molecule has 1 heterocycles. The van der Waals surface area contributed by atoms with Crippen LogP contribution < -0.4 is 5.46 Å². The van der Waals surface area contributed by atoms with E-state index in [1.165, 1.54) is 0 Å². The summed E-state index contributed by atoms with van der Waals surface area (Å²) in [5.74, 6) is -0.922. The van der Waals surface area contributed by atoms with Crippen LogP contribution in [-0.4, -0.2) is 23.5 Å². The maximum Gasteiger partial charge on any atom is 0.335 e. The van der Waals surface area contributed by atoms with Crippen LogP contribution in [0.1, 0.15) is 21.5 Å². The fourth-order valence-electron chi connectivity index (χ4n) is 2.67. The number of hydrogen-bond donors (Lipinski definition) is 1. The molecule has 0 aliphatic rings. The average molecular weight is 288 g/mol. The van der Waals surface area contributed by atoms with E-state index in [-0.39, 0.29) is 5.56 Å². The van der Waals surface area contributed by atoms with Gasteiger partial charge in [-0.1, -0.05) is 17.6 Å². The first kappa shape index (κ1) is 14.0. The molecule has 0 spiro atoms. The van der Waals surface area contributed by atoms with E-state index in [2.05, 4.69) is 10.6 Å². The zero-order chi connectivity index (χ0) is 15.7. The molecule has 106 valence electrons. The Morgan fingerprint density at radius 1 is 1.27 bits per heavy atom. The molecular formula is C17H13BN2O2. The van der Waals surface area contributed by atoms with Crippen LogP contribution in [0.2, 0.25) is 0 Å². The number of nitrogens with zero attached hydrogens (tertiary/aromatic N) is 2. The third-order valence-corrected chi connectivity index (χ3v) is 3.74. The summed E-state index contributed by atoms with van der Waals surface area (Å²) in [6.07, 6.45) is 2.03. The van der Waals surface area contributed by atoms with E-state index in [4.69, 9.17) is 10.4 Å². The highest BCUT2D eigenvalue weighted by Gasteiger charge is 2.08. The third-order valence-electron chi connectivity index (χ3n) is 3.74. The number of carboxylic acid groups (broad SMARTS) is 1. The van der Waals surface area contributed by atoms with E-state index in [1.54, 1.807) is 24.3 Å². The van der Waals surface area contributed by atoms with Crippen LogP contribution >= 0.6 is 0 Å². The second kappa shape index (κ2) is 5.42. The minimum Gasteiger partial charge on any atom is -0.478 e. The highest BCUT2D eigenvalue weighted by Crippen LogP contribution is 2.17. The molecular weight excluding hydrogens is 275 g/mol. The van der Waals surface area contributed by atoms with Crippen molar-refractivity contribution in [1.82, 2.24) is 4.57 Å². The highest BCUT2D eigenvalue weighted by atomic mass is 16.4. The lowest BCUT2D eigenvalue weighted by Gasteiger charge is -2.07. The van der Waals surface area contributed by atoms with Crippen molar-refractivity contribution >= 4 is 30.2 Å². The number of aromatic nitrogens is 1. The van der Waals surface area contributed by atoms with Crippen molar-refractivity contribution < 1.29 is 9.90 Å². The summed E-state index contributed by atoms with van der Waals surface area (Å²) in [6.45, 7) is 0.595. The molecule has 0 radical (unpaired) electrons. The van der Waals surface area contributed by atoms with E-state index in [9.17, 15) is 4.79 Å². The number of carboxylic acids is 1. The van der Waals surface area contributed by atoms with Gasteiger partial charge in [0.25, 0.3) is 0 Å². The smallest absolute Gasteiger partial charge is 0.335 e. The Morgan fingerprint density at radius 3 is 2.82 bits per heavy atom. The minimum absolute atomic E-state index is 0.289. The zero-order valence-electron chi connectivity index (χ0n) is 12.1. The summed E-state index contributed by atoms with van der Waals surface area (Å²) in [4.78, 5) is 11.1. The van der Waals surface area contributed by atoms with Gasteiger partial charge in [-0.3, -0.25) is 0 Å². The summed E-state index contributed by atoms with van der Waals surface area (Å²) in [7, 11) is 2.01. The summed E-state index contributed by atoms with van der Waals surface area (Å²) in [5, 5.41) is 19.1. The first-order valence-electron chi connectivity index (χ1n) is 6.90. The highest BCUT2D eigenvalue weighted by molar-refractivity contribution is 6.38. The van der Waals surface area contributed by atoms with Crippen molar-refractivity contribution in [3.05, 3.63) is 65.4 Å². The lowest BCUT2D eigenvalue weighted by Crippen LogP contribution is -2.03. The molecule has 0 unspecified atom stereocenters. The summed E-state index contributed by atoms with van der Waals surface area (Å²) in [5.41, 5.74) is 4.00. The van der Waals surface area contributed by atoms with Crippen molar-refractivity contribution in [2.24, 2.45) is 0 Å². The zero-order valence-corrected chi connectivity index (χ0v) is 12.1. The summed E-state index contributed by atoms with van der Waals surface area (Å²) >= 11 is 0. The topological polar surface area (TPSA) is 66.0 Å². The van der Waals surface area contributed by atoms with Gasteiger partial charge in [-0.2, -0.15) is 5.26 Å². The molecule has 0 saturated heterocycles. The maximum atomic E-state index is 11.1. The standard InChI is InChI=1S/C17H13BN2O2/c18-15-10-20(16-5-4-11(8-19)7-14(15)16)9-12-2-1-3-13(6-12)17(21)22/h1-7,10H,9,18H2,(H,21,22). The van der Waals surface area contributed by atoms with E-state index in [0.717, 1.165) is 21.9 Å². The van der Waals surface area contributed by atoms with Gasteiger partial charge in [-0.15, -0.1) is 0 Å². The molecule has 2 aromatic carbocycles. The van der Waals surface area contributed by atoms with Gasteiger partial charge in [0.15, 0.2) is 0 Å². The number of fused-ring (bicyclic) bond motifs is 1.